The zero-order valence-electron chi connectivity index (χ0n) is 25.6. The molecule has 7 rings (SSSR count). The molecular weight excluding hydrogens is 556 g/mol. The van der Waals surface area contributed by atoms with E-state index in [-0.39, 0.29) is 31.5 Å². The number of rotatable bonds is 5. The van der Waals surface area contributed by atoms with Crippen molar-refractivity contribution in [1.82, 2.24) is 0 Å². The lowest BCUT2D eigenvalue weighted by molar-refractivity contribution is -0.364. The van der Waals surface area contributed by atoms with Gasteiger partial charge >= 0.3 is 5.97 Å². The number of hydrogen-bond acceptors (Lipinski definition) is 13. The van der Waals surface area contributed by atoms with E-state index >= 15 is 0 Å². The van der Waals surface area contributed by atoms with Crippen molar-refractivity contribution in [2.45, 2.75) is 55.9 Å². The van der Waals surface area contributed by atoms with Crippen molar-refractivity contribution >= 4 is 5.97 Å². The molecule has 2 aromatic rings. The summed E-state index contributed by atoms with van der Waals surface area (Å²) in [5, 5.41) is 32.7. The van der Waals surface area contributed by atoms with Gasteiger partial charge in [-0.15, -0.1) is 0 Å². The molecule has 42 heavy (non-hydrogen) atoms. The number of phenolic OH excluding ortho intramolecular Hbond substituents is 1. The minimum absolute atomic E-state index is 0.0367. The van der Waals surface area contributed by atoms with E-state index in [1.165, 1.54) is 19.2 Å². The number of carbonyl (C=O) groups is 1. The minimum Gasteiger partial charge on any atom is -0.502 e. The largest absolute Gasteiger partial charge is 0.502 e. The van der Waals surface area contributed by atoms with Gasteiger partial charge in [-0.3, -0.25) is 4.79 Å². The first-order valence-electron chi connectivity index (χ1n) is 15.1. The second kappa shape index (κ2) is 10.4. The molecule has 0 amide bonds. The first kappa shape index (κ1) is 24.1. The maximum atomic E-state index is 13.5. The van der Waals surface area contributed by atoms with Crippen molar-refractivity contribution in [1.29, 1.82) is 0 Å². The van der Waals surface area contributed by atoms with E-state index in [2.05, 4.69) is 0 Å². The predicted octanol–water partition coefficient (Wildman–Crippen LogP) is 1.34. The fourth-order valence-electron chi connectivity index (χ4n) is 6.66. The van der Waals surface area contributed by atoms with E-state index in [1.807, 2.05) is 0 Å². The molecule has 13 heteroatoms. The van der Waals surface area contributed by atoms with Crippen LogP contribution in [0.15, 0.2) is 24.3 Å². The van der Waals surface area contributed by atoms with Crippen LogP contribution in [-0.2, 0) is 28.5 Å². The highest BCUT2D eigenvalue weighted by Crippen LogP contribution is 2.57. The van der Waals surface area contributed by atoms with Crippen LogP contribution < -0.4 is 18.9 Å². The minimum atomic E-state index is -2.89. The molecule has 1 aliphatic carbocycles. The van der Waals surface area contributed by atoms with Crippen LogP contribution in [0.25, 0.3) is 0 Å². The molecule has 3 saturated heterocycles. The number of benzene rings is 2. The molecule has 4 heterocycles. The number of methoxy groups -OCH3 is 2. The van der Waals surface area contributed by atoms with Crippen LogP contribution in [-0.4, -0.2) is 92.4 Å². The zero-order valence-corrected chi connectivity index (χ0v) is 22.6. The highest BCUT2D eigenvalue weighted by atomic mass is 16.8. The number of phenols is 1. The summed E-state index contributed by atoms with van der Waals surface area (Å²) in [5.41, 5.74) is 1.51. The van der Waals surface area contributed by atoms with Crippen molar-refractivity contribution < 1.29 is 66.9 Å². The van der Waals surface area contributed by atoms with E-state index in [4.69, 9.17) is 46.7 Å². The fourth-order valence-corrected chi connectivity index (χ4v) is 6.66. The van der Waals surface area contributed by atoms with Gasteiger partial charge in [0, 0.05) is 11.8 Å². The van der Waals surface area contributed by atoms with E-state index in [1.54, 1.807) is 19.1 Å². The smallest absolute Gasteiger partial charge is 0.310 e. The molecule has 0 bridgehead atoms. The predicted molar refractivity (Wildman–Crippen MR) is 138 cm³/mol. The topological polar surface area (TPSA) is 161 Å². The lowest BCUT2D eigenvalue weighted by atomic mass is 9.66. The van der Waals surface area contributed by atoms with Crippen molar-refractivity contribution in [2.75, 3.05) is 34.2 Å². The van der Waals surface area contributed by atoms with Crippen molar-refractivity contribution in [3.05, 3.63) is 41.0 Å². The molecule has 0 unspecified atom stereocenters. The number of cyclic esters (lactones) is 1. The molecule has 2 aromatic carbocycles. The fraction of sp³-hybridized carbons (Fsp3) is 0.552. The molecule has 3 N–H and O–H groups in total. The van der Waals surface area contributed by atoms with Crippen LogP contribution in [0.2, 0.25) is 0 Å². The Morgan fingerprint density at radius 2 is 1.69 bits per heavy atom. The number of ether oxygens (including phenoxy) is 9. The number of carbonyl (C=O) groups excluding carboxylic acids is 1. The van der Waals surface area contributed by atoms with E-state index in [9.17, 15) is 20.1 Å². The van der Waals surface area contributed by atoms with Crippen LogP contribution in [0.1, 0.15) is 39.7 Å². The Balaban J connectivity index is 1.32. The molecule has 10 atom stereocenters. The van der Waals surface area contributed by atoms with E-state index in [0.717, 1.165) is 0 Å². The quantitative estimate of drug-likeness (QED) is 0.428. The number of hydrogen-bond donors (Lipinski definition) is 3. The summed E-state index contributed by atoms with van der Waals surface area (Å²) in [5.74, 6) is -2.93. The highest BCUT2D eigenvalue weighted by Gasteiger charge is 2.56. The van der Waals surface area contributed by atoms with Gasteiger partial charge in [-0.1, -0.05) is 0 Å². The van der Waals surface area contributed by atoms with Crippen LogP contribution in [0.5, 0.6) is 28.7 Å². The maximum absolute atomic E-state index is 13.5. The van der Waals surface area contributed by atoms with Crippen LogP contribution in [0.4, 0.5) is 0 Å². The van der Waals surface area contributed by atoms with Gasteiger partial charge in [0.05, 0.1) is 43.5 Å². The van der Waals surface area contributed by atoms with Gasteiger partial charge in [0.2, 0.25) is 12.5 Å². The molecule has 4 aliphatic heterocycles. The third-order valence-electron chi connectivity index (χ3n) is 8.64. The second-order valence-electron chi connectivity index (χ2n) is 10.9. The van der Waals surface area contributed by atoms with Crippen LogP contribution >= 0.6 is 0 Å². The van der Waals surface area contributed by atoms with E-state index in [0.29, 0.717) is 28.2 Å². The lowest BCUT2D eigenvalue weighted by Gasteiger charge is -2.47. The number of aromatic hydroxyl groups is 1. The summed E-state index contributed by atoms with van der Waals surface area (Å²) in [7, 11) is -1.58. The van der Waals surface area contributed by atoms with Gasteiger partial charge in [-0.05, 0) is 47.9 Å². The SMILES string of the molecule is [2H]C([2H])([2H])Oc1cc([C@@H]2c3cc4c(cc3[C@@H](O[C@@H]3O[C@@H]5CO[C@@H](C)O[C@H]5[C@H](O)[C@H]3O)[C@H]3COC(=O)[C@H]23)OCO4)cc(OC)c1O. The molecule has 0 aromatic heterocycles. The summed E-state index contributed by atoms with van der Waals surface area (Å²) in [6.07, 6.45) is -7.21. The molecule has 13 nitrogen and oxygen atoms in total. The van der Waals surface area contributed by atoms with Crippen molar-refractivity contribution in [3.63, 3.8) is 0 Å². The van der Waals surface area contributed by atoms with Gasteiger partial charge in [-0.2, -0.15) is 0 Å². The molecule has 226 valence electrons. The van der Waals surface area contributed by atoms with Gasteiger partial charge in [-0.25, -0.2) is 0 Å². The van der Waals surface area contributed by atoms with Gasteiger partial charge in [0.1, 0.15) is 24.4 Å². The summed E-state index contributed by atoms with van der Waals surface area (Å²) in [4.78, 5) is 13.5. The van der Waals surface area contributed by atoms with E-state index < -0.39 is 79.6 Å². The Morgan fingerprint density at radius 3 is 2.43 bits per heavy atom. The normalized spacial score (nSPS) is 37.8. The first-order chi connectivity index (χ1) is 21.4. The molecular formula is C29H32O13. The zero-order chi connectivity index (χ0) is 31.8. The van der Waals surface area contributed by atoms with Crippen LogP contribution in [0, 0.1) is 11.8 Å². The molecule has 0 saturated carbocycles. The average Bonchev–Trinajstić information content (AvgIpc) is 3.61. The third-order valence-corrected chi connectivity index (χ3v) is 8.64. The second-order valence-corrected chi connectivity index (χ2v) is 10.9. The van der Waals surface area contributed by atoms with Gasteiger partial charge in [0.25, 0.3) is 0 Å². The number of aliphatic hydroxyl groups excluding tert-OH is 2. The summed E-state index contributed by atoms with van der Waals surface area (Å²) in [6, 6.07) is 6.27. The molecule has 5 aliphatic rings. The Labute approximate surface area is 244 Å². The third kappa shape index (κ3) is 4.26. The standard InChI is InChI=1S/C29H32O13/c1-11-36-9-20-27(40-11)24(31)25(32)29(41-20)42-26-14-7-17-16(38-10-39-17)6-13(14)21(22-15(26)8-37-28(22)33)12-4-18(34-2)23(30)19(5-12)35-3/h4-7,11,15,20-22,24-27,29-32H,8-10H2,1-3H3/t11-,15+,20-,21-,22+,24-,25-,26-,27-,29+/m1/s1/i2D3. The average molecular weight is 592 g/mol. The van der Waals surface area contributed by atoms with Gasteiger partial charge in [0.15, 0.2) is 35.6 Å². The Hall–Kier alpha value is -3.33. The Bertz CT molecular complexity index is 1480. The highest BCUT2D eigenvalue weighted by molar-refractivity contribution is 5.79. The maximum Gasteiger partial charge on any atom is 0.310 e. The lowest BCUT2D eigenvalue weighted by Crippen LogP contribution is -2.63. The first-order valence-corrected chi connectivity index (χ1v) is 13.6. The molecule has 0 spiro atoms. The Morgan fingerprint density at radius 1 is 0.952 bits per heavy atom. The van der Waals surface area contributed by atoms with Crippen LogP contribution in [0.3, 0.4) is 0 Å². The monoisotopic (exact) mass is 591 g/mol. The van der Waals surface area contributed by atoms with Crippen molar-refractivity contribution in [3.8, 4) is 28.7 Å². The molecule has 0 radical (unpaired) electrons. The number of aliphatic hydroxyl groups is 2. The Kier molecular flexibility index (Phi) is 6.00. The molecule has 3 fully saturated rings. The summed E-state index contributed by atoms with van der Waals surface area (Å²) >= 11 is 0. The van der Waals surface area contributed by atoms with Crippen molar-refractivity contribution in [2.24, 2.45) is 11.8 Å². The van der Waals surface area contributed by atoms with Gasteiger partial charge < -0.3 is 58.0 Å². The summed E-state index contributed by atoms with van der Waals surface area (Å²) < 4.78 is 73.7. The number of esters is 1. The number of fused-ring (bicyclic) bond motifs is 4. The summed E-state index contributed by atoms with van der Waals surface area (Å²) in [6.45, 7) is 1.70.